The van der Waals surface area contributed by atoms with Crippen LogP contribution in [0.15, 0.2) is 24.3 Å². The highest BCUT2D eigenvalue weighted by molar-refractivity contribution is 6.08. The van der Waals surface area contributed by atoms with Crippen molar-refractivity contribution < 1.29 is 28.8 Å². The van der Waals surface area contributed by atoms with Crippen LogP contribution in [0.1, 0.15) is 24.9 Å². The topological polar surface area (TPSA) is 80.3 Å². The smallest absolute Gasteiger partial charge is 0.368 e. The molecule has 2 saturated heterocycles. The number of carbonyl (C=O) groups is 3. The molecule has 1 aromatic carbocycles. The van der Waals surface area contributed by atoms with Crippen LogP contribution in [-0.2, 0) is 19.1 Å². The molecular weight excluding hydrogens is 315 g/mol. The highest BCUT2D eigenvalue weighted by atomic mass is 19.1. The Kier molecular flexibility index (Phi) is 3.91. The lowest BCUT2D eigenvalue weighted by Crippen LogP contribution is -2.98. The number of nitrogens with two attached hydrogens (primary N) is 1. The van der Waals surface area contributed by atoms with Gasteiger partial charge in [-0.2, -0.15) is 0 Å². The number of amides is 2. The van der Waals surface area contributed by atoms with Gasteiger partial charge in [-0.3, -0.25) is 14.5 Å². The number of quaternary nitrogens is 1. The van der Waals surface area contributed by atoms with Crippen LogP contribution in [0.5, 0.6) is 0 Å². The second kappa shape index (κ2) is 5.66. The minimum atomic E-state index is -1.17. The quantitative estimate of drug-likeness (QED) is 0.623. The average Bonchev–Trinajstić information content (AvgIpc) is 3.05. The van der Waals surface area contributed by atoms with Crippen LogP contribution in [0, 0.1) is 17.7 Å². The molecule has 0 aliphatic carbocycles. The summed E-state index contributed by atoms with van der Waals surface area (Å²) < 4.78 is 18.6. The molecule has 0 bridgehead atoms. The Balaban J connectivity index is 2.14. The fourth-order valence-electron chi connectivity index (χ4n) is 4.15. The number of benzene rings is 1. The molecule has 2 aliphatic heterocycles. The predicted molar refractivity (Wildman–Crippen MR) is 80.9 cm³/mol. The molecule has 1 aromatic rings. The fourth-order valence-corrected chi connectivity index (χ4v) is 4.15. The summed E-state index contributed by atoms with van der Waals surface area (Å²) in [6.07, 6.45) is 0.333. The summed E-state index contributed by atoms with van der Waals surface area (Å²) in [7, 11) is 2.69. The van der Waals surface area contributed by atoms with Crippen LogP contribution in [0.2, 0.25) is 0 Å². The van der Waals surface area contributed by atoms with Crippen molar-refractivity contribution in [1.82, 2.24) is 4.90 Å². The normalized spacial score (nSPS) is 32.2. The van der Waals surface area contributed by atoms with E-state index in [4.69, 9.17) is 4.74 Å². The van der Waals surface area contributed by atoms with Crippen molar-refractivity contribution in [3.8, 4) is 0 Å². The van der Waals surface area contributed by atoms with Gasteiger partial charge in [0.05, 0.1) is 7.11 Å². The first-order valence-electron chi connectivity index (χ1n) is 7.88. The molecule has 2 heterocycles. The second-order valence-corrected chi connectivity index (χ2v) is 6.37. The molecule has 2 fully saturated rings. The zero-order valence-electron chi connectivity index (χ0n) is 13.8. The van der Waals surface area contributed by atoms with Gasteiger partial charge in [0.15, 0.2) is 0 Å². The number of hydrogen-bond donors (Lipinski definition) is 1. The zero-order chi connectivity index (χ0) is 17.6. The summed E-state index contributed by atoms with van der Waals surface area (Å²) in [4.78, 5) is 38.8. The van der Waals surface area contributed by atoms with Gasteiger partial charge in [0, 0.05) is 19.0 Å². The van der Waals surface area contributed by atoms with E-state index in [1.54, 1.807) is 24.4 Å². The number of esters is 1. The van der Waals surface area contributed by atoms with E-state index in [9.17, 15) is 18.8 Å². The predicted octanol–water partition coefficient (Wildman–Crippen LogP) is -0.00340. The van der Waals surface area contributed by atoms with E-state index in [1.165, 1.54) is 26.3 Å². The van der Waals surface area contributed by atoms with E-state index in [0.717, 1.165) is 4.90 Å². The van der Waals surface area contributed by atoms with Crippen molar-refractivity contribution in [2.45, 2.75) is 24.9 Å². The van der Waals surface area contributed by atoms with Gasteiger partial charge in [-0.05, 0) is 12.1 Å². The number of methoxy groups -OCH3 is 1. The monoisotopic (exact) mass is 335 g/mol. The molecule has 0 radical (unpaired) electrons. The third kappa shape index (κ3) is 2.07. The summed E-state index contributed by atoms with van der Waals surface area (Å²) in [5.41, 5.74) is -0.589. The van der Waals surface area contributed by atoms with E-state index < -0.39 is 35.2 Å². The zero-order valence-corrected chi connectivity index (χ0v) is 13.8. The number of ether oxygens (including phenoxy) is 1. The average molecular weight is 335 g/mol. The van der Waals surface area contributed by atoms with Crippen molar-refractivity contribution >= 4 is 17.8 Å². The Bertz CT molecular complexity index is 722. The van der Waals surface area contributed by atoms with Crippen LogP contribution in [0.3, 0.4) is 0 Å². The molecule has 2 aliphatic rings. The standard InChI is InChI=1S/C17H19FN2O4/c1-4-17(16(23)24-3)12-11(14(21)20(2)15(12)22)13(19-17)9-6-5-7-10(18)8-9/h5-8,11-13,19H,4H2,1-3H3/p+1/t11-,12-,13-,17+/m0/s1. The Labute approximate surface area is 139 Å². The van der Waals surface area contributed by atoms with Gasteiger partial charge in [0.2, 0.25) is 17.4 Å². The van der Waals surface area contributed by atoms with Crippen LogP contribution >= 0.6 is 0 Å². The van der Waals surface area contributed by atoms with Crippen molar-refractivity contribution in [1.29, 1.82) is 0 Å². The van der Waals surface area contributed by atoms with Gasteiger partial charge < -0.3 is 10.1 Å². The molecule has 4 atom stereocenters. The van der Waals surface area contributed by atoms with E-state index in [2.05, 4.69) is 0 Å². The molecule has 0 aromatic heterocycles. The molecule has 7 heteroatoms. The summed E-state index contributed by atoms with van der Waals surface area (Å²) >= 11 is 0. The first kappa shape index (κ1) is 16.6. The first-order valence-corrected chi connectivity index (χ1v) is 7.88. The summed E-state index contributed by atoms with van der Waals surface area (Å²) in [6, 6.07) is 5.42. The first-order chi connectivity index (χ1) is 11.4. The fraction of sp³-hybridized carbons (Fsp3) is 0.471. The van der Waals surface area contributed by atoms with Crippen LogP contribution in [0.4, 0.5) is 4.39 Å². The molecule has 0 saturated carbocycles. The Morgan fingerprint density at radius 2 is 2.08 bits per heavy atom. The molecule has 24 heavy (non-hydrogen) atoms. The molecule has 2 N–H and O–H groups in total. The number of hydrogen-bond acceptors (Lipinski definition) is 4. The third-order valence-corrected chi connectivity index (χ3v) is 5.37. The Morgan fingerprint density at radius 3 is 2.67 bits per heavy atom. The molecule has 0 spiro atoms. The lowest BCUT2D eigenvalue weighted by Gasteiger charge is -2.27. The summed E-state index contributed by atoms with van der Waals surface area (Å²) in [5.74, 6) is -3.18. The molecule has 3 rings (SSSR count). The summed E-state index contributed by atoms with van der Waals surface area (Å²) in [6.45, 7) is 1.79. The number of carbonyl (C=O) groups excluding carboxylic acids is 3. The number of fused-ring (bicyclic) bond motifs is 1. The largest absolute Gasteiger partial charge is 0.464 e. The number of imide groups is 1. The highest BCUT2D eigenvalue weighted by Crippen LogP contribution is 2.45. The maximum absolute atomic E-state index is 13.6. The number of halogens is 1. The summed E-state index contributed by atoms with van der Waals surface area (Å²) in [5, 5.41) is 1.71. The van der Waals surface area contributed by atoms with Gasteiger partial charge in [0.1, 0.15) is 23.7 Å². The second-order valence-electron chi connectivity index (χ2n) is 6.37. The number of nitrogens with zero attached hydrogens (tertiary/aromatic N) is 1. The Hall–Kier alpha value is -2.28. The van der Waals surface area contributed by atoms with E-state index >= 15 is 0 Å². The van der Waals surface area contributed by atoms with Crippen molar-refractivity contribution in [3.05, 3.63) is 35.6 Å². The third-order valence-electron chi connectivity index (χ3n) is 5.37. The highest BCUT2D eigenvalue weighted by Gasteiger charge is 2.71. The minimum absolute atomic E-state index is 0.333. The van der Waals surface area contributed by atoms with E-state index in [-0.39, 0.29) is 11.8 Å². The maximum atomic E-state index is 13.6. The number of likely N-dealkylation sites (tertiary alicyclic amines) is 1. The van der Waals surface area contributed by atoms with Crippen molar-refractivity contribution in [3.63, 3.8) is 0 Å². The molecular formula is C17H20FN2O4+. The minimum Gasteiger partial charge on any atom is -0.464 e. The molecule has 2 amide bonds. The number of rotatable bonds is 3. The van der Waals surface area contributed by atoms with Crippen LogP contribution < -0.4 is 5.32 Å². The van der Waals surface area contributed by atoms with Gasteiger partial charge in [-0.1, -0.05) is 19.1 Å². The van der Waals surface area contributed by atoms with E-state index in [1.807, 2.05) is 0 Å². The van der Waals surface area contributed by atoms with Crippen LogP contribution in [-0.4, -0.2) is 42.4 Å². The van der Waals surface area contributed by atoms with Crippen molar-refractivity contribution in [2.24, 2.45) is 11.8 Å². The van der Waals surface area contributed by atoms with Crippen LogP contribution in [0.25, 0.3) is 0 Å². The van der Waals surface area contributed by atoms with Gasteiger partial charge in [-0.25, -0.2) is 9.18 Å². The van der Waals surface area contributed by atoms with Gasteiger partial charge in [-0.15, -0.1) is 0 Å². The molecule has 6 nitrogen and oxygen atoms in total. The lowest BCUT2D eigenvalue weighted by atomic mass is 9.78. The molecule has 128 valence electrons. The maximum Gasteiger partial charge on any atom is 0.368 e. The lowest BCUT2D eigenvalue weighted by molar-refractivity contribution is -0.734. The van der Waals surface area contributed by atoms with Gasteiger partial charge >= 0.3 is 5.97 Å². The molecule has 0 unspecified atom stereocenters. The van der Waals surface area contributed by atoms with Crippen molar-refractivity contribution in [2.75, 3.05) is 14.2 Å². The Morgan fingerprint density at radius 1 is 1.38 bits per heavy atom. The SMILES string of the molecule is CC[C@@]1(C(=O)OC)[NH2+][C@@H](c2cccc(F)c2)[C@H]2C(=O)N(C)C(=O)[C@H]21. The van der Waals surface area contributed by atoms with Gasteiger partial charge in [0.25, 0.3) is 0 Å². The van der Waals surface area contributed by atoms with E-state index in [0.29, 0.717) is 12.0 Å².